The number of hydrogen-bond acceptors (Lipinski definition) is 4. The van der Waals surface area contributed by atoms with E-state index in [-0.39, 0.29) is 5.91 Å². The Morgan fingerprint density at radius 2 is 1.89 bits per heavy atom. The van der Waals surface area contributed by atoms with Gasteiger partial charge >= 0.3 is 0 Å². The number of hydrogen-bond donors (Lipinski definition) is 0. The normalized spacial score (nSPS) is 10.6. The number of aryl methyl sites for hydroxylation is 1. The molecule has 0 bridgehead atoms. The van der Waals surface area contributed by atoms with Crippen molar-refractivity contribution in [2.24, 2.45) is 0 Å². The monoisotopic (exact) mass is 380 g/mol. The molecule has 0 aliphatic carbocycles. The molecule has 27 heavy (non-hydrogen) atoms. The highest BCUT2D eigenvalue weighted by atomic mass is 32.1. The number of benzene rings is 2. The van der Waals surface area contributed by atoms with Crippen LogP contribution in [-0.2, 0) is 13.2 Å². The van der Waals surface area contributed by atoms with Crippen LogP contribution < -0.4 is 4.74 Å². The average Bonchev–Trinajstić information content (AvgIpc) is 3.15. The summed E-state index contributed by atoms with van der Waals surface area (Å²) in [6, 6.07) is 15.4. The molecule has 3 rings (SSSR count). The Labute approximate surface area is 164 Å². The minimum Gasteiger partial charge on any atom is -0.486 e. The highest BCUT2D eigenvalue weighted by Crippen LogP contribution is 2.22. The Morgan fingerprint density at radius 3 is 2.63 bits per heavy atom. The maximum Gasteiger partial charge on any atom is 0.254 e. The van der Waals surface area contributed by atoms with Crippen LogP contribution in [0.4, 0.5) is 0 Å². The van der Waals surface area contributed by atoms with E-state index >= 15 is 0 Å². The van der Waals surface area contributed by atoms with Gasteiger partial charge in [0.25, 0.3) is 5.91 Å². The van der Waals surface area contributed by atoms with Crippen LogP contribution in [0.15, 0.2) is 53.9 Å². The summed E-state index contributed by atoms with van der Waals surface area (Å²) in [5, 5.41) is 2.91. The fraction of sp³-hybridized carbons (Fsp3) is 0.273. The van der Waals surface area contributed by atoms with E-state index in [1.807, 2.05) is 54.8 Å². The van der Waals surface area contributed by atoms with Crippen LogP contribution in [0.3, 0.4) is 0 Å². The van der Waals surface area contributed by atoms with Gasteiger partial charge in [0.15, 0.2) is 0 Å². The number of nitrogens with zero attached hydrogens (tertiary/aromatic N) is 2. The average molecular weight is 381 g/mol. The molecule has 1 heterocycles. The van der Waals surface area contributed by atoms with Gasteiger partial charge in [-0.1, -0.05) is 30.3 Å². The molecule has 0 unspecified atom stereocenters. The van der Waals surface area contributed by atoms with Crippen molar-refractivity contribution < 1.29 is 9.53 Å². The van der Waals surface area contributed by atoms with Crippen molar-refractivity contribution in [3.05, 3.63) is 81.3 Å². The Hall–Kier alpha value is -2.66. The first kappa shape index (κ1) is 19.1. The zero-order chi connectivity index (χ0) is 19.2. The van der Waals surface area contributed by atoms with Crippen LogP contribution in [0.2, 0.25) is 0 Å². The van der Waals surface area contributed by atoms with Crippen LogP contribution in [0.1, 0.15) is 39.1 Å². The lowest BCUT2D eigenvalue weighted by molar-refractivity contribution is 0.0751. The highest BCUT2D eigenvalue weighted by molar-refractivity contribution is 7.09. The van der Waals surface area contributed by atoms with E-state index in [1.165, 1.54) is 5.56 Å². The molecule has 0 atom stereocenters. The third kappa shape index (κ3) is 4.74. The fourth-order valence-electron chi connectivity index (χ4n) is 2.79. The van der Waals surface area contributed by atoms with Crippen molar-refractivity contribution in [2.75, 3.05) is 6.54 Å². The maximum absolute atomic E-state index is 12.6. The van der Waals surface area contributed by atoms with Gasteiger partial charge in [-0.3, -0.25) is 4.79 Å². The first-order valence-electron chi connectivity index (χ1n) is 9.05. The van der Waals surface area contributed by atoms with Gasteiger partial charge in [-0.2, -0.15) is 0 Å². The first-order valence-corrected chi connectivity index (χ1v) is 9.93. The fourth-order valence-corrected chi connectivity index (χ4v) is 3.49. The standard InChI is InChI=1S/C22H24N2O2S/c1-4-24(22(25)18-10-6-5-7-11-18)13-19-15-27-21(23-19)14-26-20-12-8-9-16(2)17(20)3/h5-12,15H,4,13-14H2,1-3H3. The summed E-state index contributed by atoms with van der Waals surface area (Å²) in [6.07, 6.45) is 0. The number of carbonyl (C=O) groups is 1. The van der Waals surface area contributed by atoms with E-state index in [4.69, 9.17) is 4.74 Å². The molecule has 0 N–H and O–H groups in total. The van der Waals surface area contributed by atoms with Crippen molar-refractivity contribution in [3.63, 3.8) is 0 Å². The number of amides is 1. The zero-order valence-corrected chi connectivity index (χ0v) is 16.8. The summed E-state index contributed by atoms with van der Waals surface area (Å²) in [5.41, 5.74) is 3.96. The molecule has 0 fully saturated rings. The molecule has 0 radical (unpaired) electrons. The van der Waals surface area contributed by atoms with Gasteiger partial charge in [0, 0.05) is 17.5 Å². The third-order valence-electron chi connectivity index (χ3n) is 4.55. The number of aromatic nitrogens is 1. The van der Waals surface area contributed by atoms with Gasteiger partial charge in [0.2, 0.25) is 0 Å². The van der Waals surface area contributed by atoms with Crippen molar-refractivity contribution in [2.45, 2.75) is 33.9 Å². The van der Waals surface area contributed by atoms with Gasteiger partial charge in [-0.05, 0) is 50.1 Å². The predicted molar refractivity (Wildman–Crippen MR) is 109 cm³/mol. The Bertz CT molecular complexity index is 906. The summed E-state index contributed by atoms with van der Waals surface area (Å²) in [6.45, 7) is 7.70. The number of thiazole rings is 1. The van der Waals surface area contributed by atoms with E-state index in [0.29, 0.717) is 25.3 Å². The molecule has 0 saturated carbocycles. The van der Waals surface area contributed by atoms with Crippen LogP contribution in [0.5, 0.6) is 5.75 Å². The molecule has 0 aliphatic rings. The molecule has 1 amide bonds. The topological polar surface area (TPSA) is 42.4 Å². The largest absolute Gasteiger partial charge is 0.486 e. The summed E-state index contributed by atoms with van der Waals surface area (Å²) < 4.78 is 5.93. The van der Waals surface area contributed by atoms with Gasteiger partial charge in [-0.15, -0.1) is 11.3 Å². The van der Waals surface area contributed by atoms with Gasteiger partial charge in [0.05, 0.1) is 12.2 Å². The van der Waals surface area contributed by atoms with Crippen molar-refractivity contribution >= 4 is 17.2 Å². The molecule has 0 aliphatic heterocycles. The summed E-state index contributed by atoms with van der Waals surface area (Å²) in [5.74, 6) is 0.917. The van der Waals surface area contributed by atoms with Gasteiger partial charge < -0.3 is 9.64 Å². The molecular weight excluding hydrogens is 356 g/mol. The molecule has 5 heteroatoms. The molecule has 2 aromatic carbocycles. The van der Waals surface area contributed by atoms with Crippen molar-refractivity contribution in [3.8, 4) is 5.75 Å². The second kappa shape index (κ2) is 8.82. The lowest BCUT2D eigenvalue weighted by Crippen LogP contribution is -2.30. The van der Waals surface area contributed by atoms with E-state index in [0.717, 1.165) is 22.0 Å². The molecule has 0 spiro atoms. The Balaban J connectivity index is 1.63. The van der Waals surface area contributed by atoms with Crippen molar-refractivity contribution in [1.29, 1.82) is 0 Å². The lowest BCUT2D eigenvalue weighted by Gasteiger charge is -2.19. The van der Waals surface area contributed by atoms with E-state index < -0.39 is 0 Å². The molecule has 4 nitrogen and oxygen atoms in total. The molecule has 140 valence electrons. The van der Waals surface area contributed by atoms with Crippen LogP contribution >= 0.6 is 11.3 Å². The number of ether oxygens (including phenoxy) is 1. The number of carbonyl (C=O) groups excluding carboxylic acids is 1. The predicted octanol–water partition coefficient (Wildman–Crippen LogP) is 5.00. The number of rotatable bonds is 7. The van der Waals surface area contributed by atoms with Crippen LogP contribution in [0, 0.1) is 13.8 Å². The van der Waals surface area contributed by atoms with Gasteiger partial charge in [0.1, 0.15) is 17.4 Å². The van der Waals surface area contributed by atoms with Gasteiger partial charge in [-0.25, -0.2) is 4.98 Å². The van der Waals surface area contributed by atoms with Crippen LogP contribution in [-0.4, -0.2) is 22.3 Å². The minimum absolute atomic E-state index is 0.0271. The SMILES string of the molecule is CCN(Cc1csc(COc2cccc(C)c2C)n1)C(=O)c1ccccc1. The first-order chi connectivity index (χ1) is 13.1. The smallest absolute Gasteiger partial charge is 0.254 e. The quantitative estimate of drug-likeness (QED) is 0.579. The highest BCUT2D eigenvalue weighted by Gasteiger charge is 2.16. The van der Waals surface area contributed by atoms with E-state index in [2.05, 4.69) is 24.9 Å². The summed E-state index contributed by atoms with van der Waals surface area (Å²) in [7, 11) is 0. The van der Waals surface area contributed by atoms with E-state index in [1.54, 1.807) is 16.2 Å². The Morgan fingerprint density at radius 1 is 1.11 bits per heavy atom. The Kier molecular flexibility index (Phi) is 6.24. The zero-order valence-electron chi connectivity index (χ0n) is 15.9. The van der Waals surface area contributed by atoms with E-state index in [9.17, 15) is 4.79 Å². The maximum atomic E-state index is 12.6. The third-order valence-corrected chi connectivity index (χ3v) is 5.42. The van der Waals surface area contributed by atoms with Crippen LogP contribution in [0.25, 0.3) is 0 Å². The summed E-state index contributed by atoms with van der Waals surface area (Å²) in [4.78, 5) is 19.1. The molecule has 0 saturated heterocycles. The van der Waals surface area contributed by atoms with Crippen molar-refractivity contribution in [1.82, 2.24) is 9.88 Å². The molecular formula is C22H24N2O2S. The molecule has 3 aromatic rings. The lowest BCUT2D eigenvalue weighted by atomic mass is 10.1. The second-order valence-corrected chi connectivity index (χ2v) is 7.35. The summed E-state index contributed by atoms with van der Waals surface area (Å²) >= 11 is 1.56. The second-order valence-electron chi connectivity index (χ2n) is 6.40. The minimum atomic E-state index is 0.0271. The molecule has 1 aromatic heterocycles.